The van der Waals surface area contributed by atoms with Gasteiger partial charge in [-0.25, -0.2) is 0 Å². The highest BCUT2D eigenvalue weighted by atomic mass is 16.6. The van der Waals surface area contributed by atoms with E-state index < -0.39 is 0 Å². The smallest absolute Gasteiger partial charge is 0.226 e. The van der Waals surface area contributed by atoms with E-state index >= 15 is 0 Å². The van der Waals surface area contributed by atoms with E-state index in [0.29, 0.717) is 18.7 Å². The first-order valence-electron chi connectivity index (χ1n) is 9.01. The number of hydrogen-bond donors (Lipinski definition) is 1. The zero-order chi connectivity index (χ0) is 17.5. The predicted octanol–water partition coefficient (Wildman–Crippen LogP) is 2.98. The molecule has 0 spiro atoms. The molecular weight excluding hydrogens is 308 g/mol. The lowest BCUT2D eigenvalue weighted by molar-refractivity contribution is -0.139. The lowest BCUT2D eigenvalue weighted by Crippen LogP contribution is -2.46. The molecule has 0 atom stereocenters. The lowest BCUT2D eigenvalue weighted by atomic mass is 9.87. The van der Waals surface area contributed by atoms with Crippen LogP contribution in [0, 0.1) is 5.92 Å². The first kappa shape index (κ1) is 18.5. The second-order valence-electron chi connectivity index (χ2n) is 6.48. The molecule has 1 N–H and O–H groups in total. The zero-order valence-corrected chi connectivity index (χ0v) is 14.7. The van der Waals surface area contributed by atoms with Crippen LogP contribution in [0.15, 0.2) is 16.5 Å². The summed E-state index contributed by atoms with van der Waals surface area (Å²) >= 11 is 0. The van der Waals surface area contributed by atoms with Crippen molar-refractivity contribution in [3.8, 4) is 0 Å². The van der Waals surface area contributed by atoms with E-state index in [1.165, 1.54) is 11.3 Å². The Hall–Kier alpha value is -1.85. The highest BCUT2D eigenvalue weighted by Crippen LogP contribution is 2.27. The molecule has 2 rings (SSSR count). The summed E-state index contributed by atoms with van der Waals surface area (Å²) in [6.07, 6.45) is 6.41. The fraction of sp³-hybridized carbons (Fsp3) is 0.722. The molecule has 0 bridgehead atoms. The first-order valence-corrected chi connectivity index (χ1v) is 9.01. The highest BCUT2D eigenvalue weighted by Gasteiger charge is 2.34. The van der Waals surface area contributed by atoms with Crippen LogP contribution in [-0.2, 0) is 14.4 Å². The van der Waals surface area contributed by atoms with E-state index in [2.05, 4.69) is 5.16 Å². The van der Waals surface area contributed by atoms with Gasteiger partial charge in [0.2, 0.25) is 5.91 Å². The summed E-state index contributed by atoms with van der Waals surface area (Å²) in [4.78, 5) is 31.7. The van der Waals surface area contributed by atoms with Crippen LogP contribution in [0.5, 0.6) is 0 Å². The molecule has 0 aromatic carbocycles. The minimum absolute atomic E-state index is 0.00639. The number of amides is 1. The van der Waals surface area contributed by atoms with Gasteiger partial charge in [0.15, 0.2) is 5.78 Å². The summed E-state index contributed by atoms with van der Waals surface area (Å²) in [5.74, 6) is -0.335. The van der Waals surface area contributed by atoms with Crippen molar-refractivity contribution in [2.45, 2.75) is 58.8 Å². The number of carbonyl (C=O) groups excluding carboxylic acids is 2. The number of oxime groups is 1. The van der Waals surface area contributed by atoms with Crippen LogP contribution in [0.2, 0.25) is 0 Å². The molecule has 0 saturated heterocycles. The Morgan fingerprint density at radius 2 is 1.96 bits per heavy atom. The summed E-state index contributed by atoms with van der Waals surface area (Å²) in [7, 11) is 0. The summed E-state index contributed by atoms with van der Waals surface area (Å²) in [5, 5.41) is 14.4. The molecule has 1 saturated carbocycles. The fourth-order valence-corrected chi connectivity index (χ4v) is 3.42. The molecule has 6 heteroatoms. The Morgan fingerprint density at radius 1 is 1.25 bits per heavy atom. The monoisotopic (exact) mass is 336 g/mol. The summed E-state index contributed by atoms with van der Waals surface area (Å²) in [5.41, 5.74) is 0.713. The third-order valence-electron chi connectivity index (χ3n) is 4.59. The average molecular weight is 336 g/mol. The molecule has 1 aliphatic heterocycles. The molecule has 0 aromatic heterocycles. The molecular formula is C18H28N2O4. The summed E-state index contributed by atoms with van der Waals surface area (Å²) in [6, 6.07) is 0. The van der Waals surface area contributed by atoms with Gasteiger partial charge in [0.05, 0.1) is 24.4 Å². The molecule has 0 unspecified atom stereocenters. The number of carbonyl (C=O) groups is 2. The van der Waals surface area contributed by atoms with Crippen molar-refractivity contribution in [2.75, 3.05) is 19.7 Å². The van der Waals surface area contributed by atoms with Gasteiger partial charge in [0.25, 0.3) is 0 Å². The molecule has 1 heterocycles. The van der Waals surface area contributed by atoms with E-state index in [1.807, 2.05) is 13.8 Å². The van der Waals surface area contributed by atoms with E-state index in [1.54, 1.807) is 0 Å². The van der Waals surface area contributed by atoms with Gasteiger partial charge < -0.3 is 14.8 Å². The second-order valence-corrected chi connectivity index (χ2v) is 6.48. The normalized spacial score (nSPS) is 20.5. The van der Waals surface area contributed by atoms with Crippen molar-refractivity contribution < 1.29 is 19.5 Å². The van der Waals surface area contributed by atoms with E-state index in [4.69, 9.17) is 4.84 Å². The van der Waals surface area contributed by atoms with Gasteiger partial charge in [0, 0.05) is 5.92 Å². The van der Waals surface area contributed by atoms with E-state index in [0.717, 1.165) is 32.1 Å². The zero-order valence-electron chi connectivity index (χ0n) is 14.7. The number of aliphatic hydroxyl groups is 1. The van der Waals surface area contributed by atoms with Crippen molar-refractivity contribution in [1.29, 1.82) is 0 Å². The second kappa shape index (κ2) is 8.85. The third kappa shape index (κ3) is 4.36. The predicted molar refractivity (Wildman–Crippen MR) is 91.8 cm³/mol. The Balaban J connectivity index is 2.15. The van der Waals surface area contributed by atoms with Crippen LogP contribution in [0.25, 0.3) is 0 Å². The Kier molecular flexibility index (Phi) is 6.82. The lowest BCUT2D eigenvalue weighted by Gasteiger charge is -2.32. The molecule has 2 aliphatic rings. The molecule has 0 aromatic rings. The largest absolute Gasteiger partial charge is 0.510 e. The number of aliphatic hydroxyl groups excluding tert-OH is 1. The highest BCUT2D eigenvalue weighted by molar-refractivity contribution is 6.24. The van der Waals surface area contributed by atoms with Gasteiger partial charge >= 0.3 is 0 Å². The van der Waals surface area contributed by atoms with Gasteiger partial charge in [-0.1, -0.05) is 37.8 Å². The van der Waals surface area contributed by atoms with Crippen LogP contribution in [0.4, 0.5) is 0 Å². The number of rotatable bonds is 6. The summed E-state index contributed by atoms with van der Waals surface area (Å²) in [6.45, 7) is 4.30. The maximum Gasteiger partial charge on any atom is 0.226 e. The van der Waals surface area contributed by atoms with Gasteiger partial charge in [-0.3, -0.25) is 9.59 Å². The molecule has 24 heavy (non-hydrogen) atoms. The molecule has 1 amide bonds. The topological polar surface area (TPSA) is 79.2 Å². The Morgan fingerprint density at radius 3 is 2.54 bits per heavy atom. The van der Waals surface area contributed by atoms with E-state index in [-0.39, 0.29) is 42.0 Å². The standard InChI is InChI=1S/C18H28N2O4/c1-3-8-14(19-24-4-2)17-15(21)11-20(12-16(17)22)18(23)13-9-6-5-7-10-13/h13,21H,3-12H2,1-2H3. The van der Waals surface area contributed by atoms with Crippen molar-refractivity contribution in [3.63, 3.8) is 0 Å². The Bertz CT molecular complexity index is 533. The van der Waals surface area contributed by atoms with Crippen LogP contribution < -0.4 is 0 Å². The molecule has 134 valence electrons. The van der Waals surface area contributed by atoms with Crippen molar-refractivity contribution in [3.05, 3.63) is 11.3 Å². The van der Waals surface area contributed by atoms with E-state index in [9.17, 15) is 14.7 Å². The average Bonchev–Trinajstić information content (AvgIpc) is 2.59. The summed E-state index contributed by atoms with van der Waals surface area (Å²) < 4.78 is 0. The SMILES string of the molecule is CCCC(=NOCC)C1=C(O)CN(C(=O)C2CCCCC2)CC1=O. The number of Topliss-reactive ketones (excluding diaryl/α,β-unsaturated/α-hetero) is 1. The number of nitrogens with zero attached hydrogens (tertiary/aromatic N) is 2. The van der Waals surface area contributed by atoms with Gasteiger partial charge in [-0.15, -0.1) is 0 Å². The van der Waals surface area contributed by atoms with Crippen LogP contribution in [-0.4, -0.2) is 47.1 Å². The molecule has 0 radical (unpaired) electrons. The minimum Gasteiger partial charge on any atom is -0.510 e. The third-order valence-corrected chi connectivity index (χ3v) is 4.59. The number of ketones is 1. The number of hydrogen-bond acceptors (Lipinski definition) is 5. The fourth-order valence-electron chi connectivity index (χ4n) is 3.42. The van der Waals surface area contributed by atoms with Gasteiger partial charge in [-0.2, -0.15) is 0 Å². The maximum absolute atomic E-state index is 12.6. The van der Waals surface area contributed by atoms with Crippen LogP contribution in [0.1, 0.15) is 58.8 Å². The van der Waals surface area contributed by atoms with Crippen LogP contribution in [0.3, 0.4) is 0 Å². The Labute approximate surface area is 143 Å². The quantitative estimate of drug-likeness (QED) is 0.597. The molecule has 1 fully saturated rings. The maximum atomic E-state index is 12.6. The first-order chi connectivity index (χ1) is 11.6. The van der Waals surface area contributed by atoms with Gasteiger partial charge in [-0.05, 0) is 26.2 Å². The minimum atomic E-state index is -0.255. The van der Waals surface area contributed by atoms with Gasteiger partial charge in [0.1, 0.15) is 12.4 Å². The molecule has 1 aliphatic carbocycles. The van der Waals surface area contributed by atoms with Crippen molar-refractivity contribution in [2.24, 2.45) is 11.1 Å². The van der Waals surface area contributed by atoms with Crippen LogP contribution >= 0.6 is 0 Å². The molecule has 6 nitrogen and oxygen atoms in total. The van der Waals surface area contributed by atoms with Crippen molar-refractivity contribution >= 4 is 17.4 Å². The van der Waals surface area contributed by atoms with Crippen molar-refractivity contribution in [1.82, 2.24) is 4.90 Å².